The second-order valence-corrected chi connectivity index (χ2v) is 3.45. The van der Waals surface area contributed by atoms with Crippen molar-refractivity contribution in [3.63, 3.8) is 0 Å². The predicted octanol–water partition coefficient (Wildman–Crippen LogP) is 1.61. The van der Waals surface area contributed by atoms with Gasteiger partial charge in [0.25, 0.3) is 0 Å². The van der Waals surface area contributed by atoms with E-state index in [1.807, 2.05) is 0 Å². The van der Waals surface area contributed by atoms with Crippen molar-refractivity contribution in [2.24, 2.45) is 0 Å². The lowest BCUT2D eigenvalue weighted by Gasteiger charge is -2.13. The number of halogens is 3. The molecule has 0 fully saturated rings. The number of carbonyl (C=O) groups excluding carboxylic acids is 1. The molecule has 0 saturated heterocycles. The van der Waals surface area contributed by atoms with Gasteiger partial charge in [-0.05, 0) is 19.8 Å². The summed E-state index contributed by atoms with van der Waals surface area (Å²) in [6, 6.07) is -0.196. The molecule has 0 saturated carbocycles. The number of hydrogen-bond acceptors (Lipinski definition) is 2. The van der Waals surface area contributed by atoms with Gasteiger partial charge >= 0.3 is 6.18 Å². The summed E-state index contributed by atoms with van der Waals surface area (Å²) in [7, 11) is 0. The molecule has 0 radical (unpaired) electrons. The van der Waals surface area contributed by atoms with Crippen molar-refractivity contribution in [3.05, 3.63) is 0 Å². The van der Waals surface area contributed by atoms with E-state index in [4.69, 9.17) is 5.11 Å². The first kappa shape index (κ1) is 14.2. The van der Waals surface area contributed by atoms with Crippen LogP contribution in [0, 0.1) is 0 Å². The zero-order valence-corrected chi connectivity index (χ0v) is 8.60. The van der Waals surface area contributed by atoms with Gasteiger partial charge in [-0.2, -0.15) is 13.2 Å². The molecule has 0 spiro atoms. The third kappa shape index (κ3) is 9.52. The standard InChI is InChI=1S/C9H16F3NO2/c1-7(3-2-6-14)13-8(15)4-5-9(10,11)12/h7,14H,2-6H2,1H3,(H,13,15). The number of alkyl halides is 3. The second kappa shape index (κ2) is 6.66. The number of rotatable bonds is 6. The Balaban J connectivity index is 3.64. The van der Waals surface area contributed by atoms with Crippen LogP contribution in [-0.2, 0) is 4.79 Å². The third-order valence-corrected chi connectivity index (χ3v) is 1.84. The lowest BCUT2D eigenvalue weighted by molar-refractivity contribution is -0.144. The molecule has 15 heavy (non-hydrogen) atoms. The van der Waals surface area contributed by atoms with Gasteiger partial charge in [0.05, 0.1) is 6.42 Å². The number of nitrogens with one attached hydrogen (secondary N) is 1. The Kier molecular flexibility index (Phi) is 6.31. The summed E-state index contributed by atoms with van der Waals surface area (Å²) in [6.45, 7) is 1.71. The normalized spacial score (nSPS) is 13.7. The molecule has 0 aromatic carbocycles. The van der Waals surface area contributed by atoms with E-state index in [1.165, 1.54) is 0 Å². The molecule has 0 aromatic rings. The highest BCUT2D eigenvalue weighted by molar-refractivity contribution is 5.76. The van der Waals surface area contributed by atoms with Crippen LogP contribution in [0.4, 0.5) is 13.2 Å². The topological polar surface area (TPSA) is 49.3 Å². The smallest absolute Gasteiger partial charge is 0.389 e. The Bertz CT molecular complexity index is 194. The van der Waals surface area contributed by atoms with E-state index >= 15 is 0 Å². The van der Waals surface area contributed by atoms with E-state index in [2.05, 4.69) is 5.32 Å². The van der Waals surface area contributed by atoms with Gasteiger partial charge in [-0.25, -0.2) is 0 Å². The number of carbonyl (C=O) groups is 1. The van der Waals surface area contributed by atoms with Crippen LogP contribution in [0.5, 0.6) is 0 Å². The molecule has 0 aliphatic heterocycles. The number of aliphatic hydroxyl groups excluding tert-OH is 1. The molecular formula is C9H16F3NO2. The molecule has 0 heterocycles. The Morgan fingerprint density at radius 1 is 1.47 bits per heavy atom. The average molecular weight is 227 g/mol. The van der Waals surface area contributed by atoms with Gasteiger partial charge < -0.3 is 10.4 Å². The fourth-order valence-electron chi connectivity index (χ4n) is 1.07. The van der Waals surface area contributed by atoms with Gasteiger partial charge in [-0.3, -0.25) is 4.79 Å². The van der Waals surface area contributed by atoms with Crippen molar-refractivity contribution in [2.75, 3.05) is 6.61 Å². The maximum atomic E-state index is 11.7. The molecule has 6 heteroatoms. The highest BCUT2D eigenvalue weighted by Gasteiger charge is 2.27. The first-order valence-corrected chi connectivity index (χ1v) is 4.82. The van der Waals surface area contributed by atoms with Gasteiger partial charge in [-0.15, -0.1) is 0 Å². The monoisotopic (exact) mass is 227 g/mol. The fraction of sp³-hybridized carbons (Fsp3) is 0.889. The van der Waals surface area contributed by atoms with E-state index in [0.29, 0.717) is 12.8 Å². The molecular weight excluding hydrogens is 211 g/mol. The third-order valence-electron chi connectivity index (χ3n) is 1.84. The SMILES string of the molecule is CC(CCCO)NC(=O)CCC(F)(F)F. The largest absolute Gasteiger partial charge is 0.396 e. The van der Waals surface area contributed by atoms with Gasteiger partial charge in [-0.1, -0.05) is 0 Å². The van der Waals surface area contributed by atoms with E-state index < -0.39 is 24.9 Å². The predicted molar refractivity (Wildman–Crippen MR) is 49.2 cm³/mol. The highest BCUT2D eigenvalue weighted by Crippen LogP contribution is 2.21. The zero-order chi connectivity index (χ0) is 11.9. The molecule has 0 aliphatic carbocycles. The number of amides is 1. The summed E-state index contributed by atoms with van der Waals surface area (Å²) < 4.78 is 35.2. The van der Waals surface area contributed by atoms with Crippen LogP contribution in [0.2, 0.25) is 0 Å². The molecule has 90 valence electrons. The zero-order valence-electron chi connectivity index (χ0n) is 8.60. The number of hydrogen-bond donors (Lipinski definition) is 2. The fourth-order valence-corrected chi connectivity index (χ4v) is 1.07. The average Bonchev–Trinajstić information content (AvgIpc) is 2.10. The minimum absolute atomic E-state index is 0.0166. The molecule has 1 atom stereocenters. The van der Waals surface area contributed by atoms with Crippen LogP contribution in [0.1, 0.15) is 32.6 Å². The Labute approximate surface area is 86.7 Å². The summed E-state index contributed by atoms with van der Waals surface area (Å²) in [5.74, 6) is -0.599. The van der Waals surface area contributed by atoms with Crippen LogP contribution < -0.4 is 5.32 Å². The number of aliphatic hydroxyl groups is 1. The van der Waals surface area contributed by atoms with Crippen molar-refractivity contribution in [2.45, 2.75) is 44.8 Å². The molecule has 2 N–H and O–H groups in total. The van der Waals surface area contributed by atoms with Crippen LogP contribution in [-0.4, -0.2) is 29.8 Å². The minimum atomic E-state index is -4.29. The Hall–Kier alpha value is -0.780. The first-order chi connectivity index (χ1) is 6.85. The molecule has 1 unspecified atom stereocenters. The summed E-state index contributed by atoms with van der Waals surface area (Å²) in [4.78, 5) is 11.0. The molecule has 0 rings (SSSR count). The highest BCUT2D eigenvalue weighted by atomic mass is 19.4. The molecule has 0 aliphatic rings. The van der Waals surface area contributed by atoms with E-state index in [-0.39, 0.29) is 12.6 Å². The summed E-state index contributed by atoms with van der Waals surface area (Å²) in [5.41, 5.74) is 0. The first-order valence-electron chi connectivity index (χ1n) is 4.82. The summed E-state index contributed by atoms with van der Waals surface area (Å²) >= 11 is 0. The quantitative estimate of drug-likeness (QED) is 0.724. The lowest BCUT2D eigenvalue weighted by Crippen LogP contribution is -2.33. The molecule has 0 aromatic heterocycles. The van der Waals surface area contributed by atoms with Crippen molar-refractivity contribution >= 4 is 5.91 Å². The maximum Gasteiger partial charge on any atom is 0.389 e. The van der Waals surface area contributed by atoms with E-state index in [1.54, 1.807) is 6.92 Å². The lowest BCUT2D eigenvalue weighted by atomic mass is 10.2. The van der Waals surface area contributed by atoms with E-state index in [0.717, 1.165) is 0 Å². The van der Waals surface area contributed by atoms with E-state index in [9.17, 15) is 18.0 Å². The van der Waals surface area contributed by atoms with Crippen LogP contribution in [0.15, 0.2) is 0 Å². The maximum absolute atomic E-state index is 11.7. The summed E-state index contributed by atoms with van der Waals surface area (Å²) in [6.07, 6.45) is -4.82. The molecule has 3 nitrogen and oxygen atoms in total. The van der Waals surface area contributed by atoms with Crippen LogP contribution >= 0.6 is 0 Å². The Morgan fingerprint density at radius 2 is 2.07 bits per heavy atom. The van der Waals surface area contributed by atoms with Gasteiger partial charge in [0.1, 0.15) is 0 Å². The molecule has 1 amide bonds. The second-order valence-electron chi connectivity index (χ2n) is 3.45. The summed E-state index contributed by atoms with van der Waals surface area (Å²) in [5, 5.41) is 10.9. The van der Waals surface area contributed by atoms with Crippen LogP contribution in [0.3, 0.4) is 0 Å². The van der Waals surface area contributed by atoms with Crippen molar-refractivity contribution in [3.8, 4) is 0 Å². The van der Waals surface area contributed by atoms with Crippen molar-refractivity contribution < 1.29 is 23.1 Å². The van der Waals surface area contributed by atoms with Gasteiger partial charge in [0, 0.05) is 19.1 Å². The van der Waals surface area contributed by atoms with Crippen molar-refractivity contribution in [1.29, 1.82) is 0 Å². The minimum Gasteiger partial charge on any atom is -0.396 e. The van der Waals surface area contributed by atoms with Gasteiger partial charge in [0.2, 0.25) is 5.91 Å². The Morgan fingerprint density at radius 3 is 2.53 bits per heavy atom. The van der Waals surface area contributed by atoms with Gasteiger partial charge in [0.15, 0.2) is 0 Å². The van der Waals surface area contributed by atoms with Crippen molar-refractivity contribution in [1.82, 2.24) is 5.32 Å². The molecule has 0 bridgehead atoms. The van der Waals surface area contributed by atoms with Crippen LogP contribution in [0.25, 0.3) is 0 Å².